The molecule has 0 radical (unpaired) electrons. The van der Waals surface area contributed by atoms with Crippen LogP contribution in [-0.4, -0.2) is 51.1 Å². The van der Waals surface area contributed by atoms with Gasteiger partial charge in [-0.1, -0.05) is 0 Å². The Hall–Kier alpha value is -2.06. The van der Waals surface area contributed by atoms with Crippen LogP contribution in [0.3, 0.4) is 0 Å². The summed E-state index contributed by atoms with van der Waals surface area (Å²) in [4.78, 5) is 19.9. The molecule has 0 saturated carbocycles. The quantitative estimate of drug-likeness (QED) is 0.744. The number of furan rings is 1. The maximum atomic E-state index is 12.8. The summed E-state index contributed by atoms with van der Waals surface area (Å²) in [6, 6.07) is 3.58. The number of hydrogen-bond donors (Lipinski definition) is 1. The summed E-state index contributed by atoms with van der Waals surface area (Å²) < 4.78 is 8.14. The number of amides is 1. The first-order chi connectivity index (χ1) is 11.5. The first kappa shape index (κ1) is 15.5. The second-order valence-electron chi connectivity index (χ2n) is 6.32. The van der Waals surface area contributed by atoms with Crippen molar-refractivity contribution in [3.05, 3.63) is 40.0 Å². The molecule has 3 aromatic rings. The molecule has 1 aliphatic rings. The average molecular weight is 392 g/mol. The molecule has 1 aliphatic heterocycles. The molecule has 1 N–H and O–H groups in total. The average Bonchev–Trinajstić information content (AvgIpc) is 3.19. The summed E-state index contributed by atoms with van der Waals surface area (Å²) in [7, 11) is 4.06. The molecule has 0 saturated heterocycles. The smallest absolute Gasteiger partial charge is 0.270 e. The van der Waals surface area contributed by atoms with Crippen molar-refractivity contribution in [1.29, 1.82) is 0 Å². The second kappa shape index (κ2) is 5.78. The Labute approximate surface area is 147 Å². The largest absolute Gasteiger partial charge is 0.448 e. The minimum Gasteiger partial charge on any atom is -0.448 e. The van der Waals surface area contributed by atoms with E-state index in [4.69, 9.17) is 4.42 Å². The van der Waals surface area contributed by atoms with Crippen molar-refractivity contribution >= 4 is 32.9 Å². The van der Waals surface area contributed by atoms with E-state index in [9.17, 15) is 4.79 Å². The standard InChI is InChI=1S/C16H18BrN5O2/c1-20(2)8-10-7-18-22-4-3-21(9-13(10)22)16(23)12-5-14-11(19-12)6-15(17)24-14/h5-7,19H,3-4,8-9H2,1-2H3. The Balaban J connectivity index is 1.57. The Morgan fingerprint density at radius 2 is 2.25 bits per heavy atom. The number of carbonyl (C=O) groups excluding carboxylic acids is 1. The van der Waals surface area contributed by atoms with Crippen LogP contribution in [0.15, 0.2) is 27.4 Å². The third-order valence-corrected chi connectivity index (χ3v) is 4.63. The Morgan fingerprint density at radius 1 is 1.42 bits per heavy atom. The summed E-state index contributed by atoms with van der Waals surface area (Å²) in [5, 5.41) is 4.44. The van der Waals surface area contributed by atoms with Gasteiger partial charge in [0, 0.05) is 30.8 Å². The lowest BCUT2D eigenvalue weighted by Gasteiger charge is -2.28. The predicted molar refractivity (Wildman–Crippen MR) is 92.6 cm³/mol. The van der Waals surface area contributed by atoms with Gasteiger partial charge in [0.1, 0.15) is 5.69 Å². The molecule has 126 valence electrons. The van der Waals surface area contributed by atoms with Gasteiger partial charge in [-0.25, -0.2) is 0 Å². The van der Waals surface area contributed by atoms with Crippen LogP contribution in [0.2, 0.25) is 0 Å². The molecule has 0 spiro atoms. The monoisotopic (exact) mass is 391 g/mol. The van der Waals surface area contributed by atoms with E-state index in [1.54, 1.807) is 6.07 Å². The summed E-state index contributed by atoms with van der Waals surface area (Å²) in [5.74, 6) is -0.0132. The number of aromatic nitrogens is 3. The third kappa shape index (κ3) is 2.65. The second-order valence-corrected chi connectivity index (χ2v) is 7.10. The summed E-state index contributed by atoms with van der Waals surface area (Å²) in [5.41, 5.74) is 4.34. The number of carbonyl (C=O) groups is 1. The molecule has 0 aliphatic carbocycles. The minimum atomic E-state index is -0.0132. The zero-order chi connectivity index (χ0) is 16.8. The van der Waals surface area contributed by atoms with Crippen molar-refractivity contribution < 1.29 is 9.21 Å². The molecule has 0 unspecified atom stereocenters. The molecule has 0 atom stereocenters. The van der Waals surface area contributed by atoms with Gasteiger partial charge in [-0.2, -0.15) is 5.10 Å². The molecule has 0 aromatic carbocycles. The van der Waals surface area contributed by atoms with Gasteiger partial charge in [-0.05, 0) is 30.0 Å². The topological polar surface area (TPSA) is 70.3 Å². The molecule has 24 heavy (non-hydrogen) atoms. The maximum Gasteiger partial charge on any atom is 0.270 e. The molecule has 7 nitrogen and oxygen atoms in total. The summed E-state index contributed by atoms with van der Waals surface area (Å²) >= 11 is 3.29. The van der Waals surface area contributed by atoms with Crippen molar-refractivity contribution in [2.75, 3.05) is 20.6 Å². The molecule has 0 fully saturated rings. The predicted octanol–water partition coefficient (Wildman–Crippen LogP) is 2.44. The van der Waals surface area contributed by atoms with E-state index in [1.165, 1.54) is 5.56 Å². The summed E-state index contributed by atoms with van der Waals surface area (Å²) in [6.45, 7) is 2.77. The summed E-state index contributed by atoms with van der Waals surface area (Å²) in [6.07, 6.45) is 1.91. The van der Waals surface area contributed by atoms with Gasteiger partial charge in [0.2, 0.25) is 0 Å². The van der Waals surface area contributed by atoms with Crippen molar-refractivity contribution in [2.45, 2.75) is 19.6 Å². The number of nitrogens with one attached hydrogen (secondary N) is 1. The van der Waals surface area contributed by atoms with E-state index in [0.29, 0.717) is 29.0 Å². The first-order valence-electron chi connectivity index (χ1n) is 7.77. The van der Waals surface area contributed by atoms with Crippen LogP contribution in [0.4, 0.5) is 0 Å². The van der Waals surface area contributed by atoms with E-state index >= 15 is 0 Å². The third-order valence-electron chi connectivity index (χ3n) is 4.24. The fourth-order valence-corrected chi connectivity index (χ4v) is 3.53. The first-order valence-corrected chi connectivity index (χ1v) is 8.56. The van der Waals surface area contributed by atoms with Gasteiger partial charge < -0.3 is 19.2 Å². The van der Waals surface area contributed by atoms with E-state index in [2.05, 4.69) is 30.9 Å². The van der Waals surface area contributed by atoms with E-state index in [-0.39, 0.29) is 5.91 Å². The van der Waals surface area contributed by atoms with Crippen LogP contribution in [0, 0.1) is 0 Å². The molecule has 8 heteroatoms. The van der Waals surface area contributed by atoms with Gasteiger partial charge in [-0.15, -0.1) is 0 Å². The zero-order valence-electron chi connectivity index (χ0n) is 13.5. The number of aromatic amines is 1. The molecule has 0 bridgehead atoms. The van der Waals surface area contributed by atoms with Crippen LogP contribution < -0.4 is 0 Å². The van der Waals surface area contributed by atoms with Crippen molar-refractivity contribution in [2.24, 2.45) is 0 Å². The van der Waals surface area contributed by atoms with Crippen LogP contribution in [0.25, 0.3) is 11.1 Å². The Bertz CT molecular complexity index is 875. The number of rotatable bonds is 3. The number of H-pyrrole nitrogens is 1. The number of nitrogens with zero attached hydrogens (tertiary/aromatic N) is 4. The van der Waals surface area contributed by atoms with E-state index in [1.807, 2.05) is 35.9 Å². The van der Waals surface area contributed by atoms with Crippen molar-refractivity contribution in [1.82, 2.24) is 24.6 Å². The highest BCUT2D eigenvalue weighted by Crippen LogP contribution is 2.25. The molecular weight excluding hydrogens is 374 g/mol. The molecule has 1 amide bonds. The minimum absolute atomic E-state index is 0.0132. The lowest BCUT2D eigenvalue weighted by Crippen LogP contribution is -2.39. The lowest BCUT2D eigenvalue weighted by atomic mass is 10.2. The highest BCUT2D eigenvalue weighted by Gasteiger charge is 2.26. The van der Waals surface area contributed by atoms with Gasteiger partial charge in [-0.3, -0.25) is 9.48 Å². The van der Waals surface area contributed by atoms with Crippen LogP contribution in [0.1, 0.15) is 21.7 Å². The van der Waals surface area contributed by atoms with Gasteiger partial charge in [0.05, 0.1) is 30.5 Å². The van der Waals surface area contributed by atoms with Gasteiger partial charge in [0.15, 0.2) is 10.3 Å². The lowest BCUT2D eigenvalue weighted by molar-refractivity contribution is 0.0700. The van der Waals surface area contributed by atoms with Crippen LogP contribution in [0.5, 0.6) is 0 Å². The van der Waals surface area contributed by atoms with E-state index in [0.717, 1.165) is 24.3 Å². The molecule has 4 heterocycles. The number of fused-ring (bicyclic) bond motifs is 2. The van der Waals surface area contributed by atoms with Crippen molar-refractivity contribution in [3.8, 4) is 0 Å². The highest BCUT2D eigenvalue weighted by atomic mass is 79.9. The van der Waals surface area contributed by atoms with Gasteiger partial charge in [0.25, 0.3) is 5.91 Å². The zero-order valence-corrected chi connectivity index (χ0v) is 15.1. The van der Waals surface area contributed by atoms with Crippen LogP contribution in [-0.2, 0) is 19.6 Å². The molecule has 4 rings (SSSR count). The molecular formula is C16H18BrN5O2. The number of halogens is 1. The van der Waals surface area contributed by atoms with Crippen molar-refractivity contribution in [3.63, 3.8) is 0 Å². The highest BCUT2D eigenvalue weighted by molar-refractivity contribution is 9.10. The molecule has 3 aromatic heterocycles. The fraction of sp³-hybridized carbons (Fsp3) is 0.375. The normalized spacial score (nSPS) is 14.6. The Kier molecular flexibility index (Phi) is 3.73. The van der Waals surface area contributed by atoms with E-state index < -0.39 is 0 Å². The van der Waals surface area contributed by atoms with Crippen LogP contribution >= 0.6 is 15.9 Å². The fourth-order valence-electron chi connectivity index (χ4n) is 3.12. The SMILES string of the molecule is CN(C)Cc1cnn2c1CN(C(=O)c1cc3oc(Br)cc3[nH]1)CC2. The maximum absolute atomic E-state index is 12.8. The Morgan fingerprint density at radius 3 is 3.00 bits per heavy atom. The van der Waals surface area contributed by atoms with Gasteiger partial charge >= 0.3 is 0 Å². The number of hydrogen-bond acceptors (Lipinski definition) is 4.